The number of rotatable bonds is 5. The molecule has 0 aliphatic carbocycles. The van der Waals surface area contributed by atoms with Crippen LogP contribution in [-0.4, -0.2) is 24.5 Å². The molecular weight excluding hydrogens is 360 g/mol. The van der Waals surface area contributed by atoms with E-state index in [0.717, 1.165) is 30.8 Å². The van der Waals surface area contributed by atoms with Gasteiger partial charge in [-0.2, -0.15) is 0 Å². The maximum Gasteiger partial charge on any atom is 0.258 e. The zero-order valence-electron chi connectivity index (χ0n) is 15.1. The lowest BCUT2D eigenvalue weighted by Crippen LogP contribution is -2.35. The zero-order chi connectivity index (χ0) is 18.6. The SMILES string of the molecule is COc1cc(C(=O)N2CCCc3ccccc32)ccc1OCc1cscn1. The van der Waals surface area contributed by atoms with Gasteiger partial charge in [-0.25, -0.2) is 4.98 Å². The number of anilines is 1. The fourth-order valence-electron chi connectivity index (χ4n) is 3.28. The molecule has 4 rings (SSSR count). The molecule has 1 aromatic heterocycles. The molecule has 1 aliphatic rings. The lowest BCUT2D eigenvalue weighted by Gasteiger charge is -2.29. The highest BCUT2D eigenvalue weighted by atomic mass is 32.1. The number of fused-ring (bicyclic) bond motifs is 1. The molecule has 6 heteroatoms. The van der Waals surface area contributed by atoms with E-state index in [9.17, 15) is 4.79 Å². The van der Waals surface area contributed by atoms with Crippen molar-refractivity contribution in [2.24, 2.45) is 0 Å². The summed E-state index contributed by atoms with van der Waals surface area (Å²) >= 11 is 1.53. The summed E-state index contributed by atoms with van der Waals surface area (Å²) in [6.07, 6.45) is 1.97. The van der Waals surface area contributed by atoms with E-state index in [0.29, 0.717) is 23.7 Å². The van der Waals surface area contributed by atoms with E-state index < -0.39 is 0 Å². The second-order valence-electron chi connectivity index (χ2n) is 6.32. The Morgan fingerprint density at radius 3 is 2.93 bits per heavy atom. The zero-order valence-corrected chi connectivity index (χ0v) is 15.9. The molecule has 138 valence electrons. The second kappa shape index (κ2) is 7.80. The van der Waals surface area contributed by atoms with Crippen molar-refractivity contribution >= 4 is 22.9 Å². The van der Waals surface area contributed by atoms with Crippen molar-refractivity contribution in [1.82, 2.24) is 4.98 Å². The van der Waals surface area contributed by atoms with Crippen molar-refractivity contribution in [3.63, 3.8) is 0 Å². The number of aryl methyl sites for hydroxylation is 1. The lowest BCUT2D eigenvalue weighted by molar-refractivity contribution is 0.0984. The number of amides is 1. The van der Waals surface area contributed by atoms with E-state index in [1.807, 2.05) is 28.5 Å². The predicted octanol–water partition coefficient (Wildman–Crippen LogP) is 4.32. The molecule has 0 saturated heterocycles. The third-order valence-corrected chi connectivity index (χ3v) is 5.26. The van der Waals surface area contributed by atoms with Gasteiger partial charge in [0.25, 0.3) is 5.91 Å². The van der Waals surface area contributed by atoms with E-state index in [-0.39, 0.29) is 5.91 Å². The summed E-state index contributed by atoms with van der Waals surface area (Å²) in [6, 6.07) is 13.4. The Hall–Kier alpha value is -2.86. The number of nitrogens with zero attached hydrogens (tertiary/aromatic N) is 2. The van der Waals surface area contributed by atoms with E-state index >= 15 is 0 Å². The summed E-state index contributed by atoms with van der Waals surface area (Å²) in [4.78, 5) is 19.2. The summed E-state index contributed by atoms with van der Waals surface area (Å²) in [6.45, 7) is 1.09. The van der Waals surface area contributed by atoms with Gasteiger partial charge in [-0.15, -0.1) is 11.3 Å². The van der Waals surface area contributed by atoms with Crippen LogP contribution in [0.5, 0.6) is 11.5 Å². The van der Waals surface area contributed by atoms with Crippen LogP contribution >= 0.6 is 11.3 Å². The highest BCUT2D eigenvalue weighted by molar-refractivity contribution is 7.07. The van der Waals surface area contributed by atoms with E-state index in [4.69, 9.17) is 9.47 Å². The molecule has 0 N–H and O–H groups in total. The molecule has 0 saturated carbocycles. The molecule has 27 heavy (non-hydrogen) atoms. The Kier molecular flexibility index (Phi) is 5.07. The lowest BCUT2D eigenvalue weighted by atomic mass is 10.0. The van der Waals surface area contributed by atoms with Gasteiger partial charge in [0.2, 0.25) is 0 Å². The van der Waals surface area contributed by atoms with Gasteiger partial charge >= 0.3 is 0 Å². The number of carbonyl (C=O) groups excluding carboxylic acids is 1. The summed E-state index contributed by atoms with van der Waals surface area (Å²) in [5, 5.41) is 1.94. The van der Waals surface area contributed by atoms with Gasteiger partial charge in [-0.1, -0.05) is 18.2 Å². The average Bonchev–Trinajstić information content (AvgIpc) is 3.25. The third kappa shape index (κ3) is 3.66. The van der Waals surface area contributed by atoms with Crippen molar-refractivity contribution in [3.05, 3.63) is 70.2 Å². The average molecular weight is 380 g/mol. The molecule has 1 aliphatic heterocycles. The van der Waals surface area contributed by atoms with Crippen molar-refractivity contribution in [3.8, 4) is 11.5 Å². The summed E-state index contributed by atoms with van der Waals surface area (Å²) in [5.41, 5.74) is 5.44. The predicted molar refractivity (Wildman–Crippen MR) is 106 cm³/mol. The van der Waals surface area contributed by atoms with Crippen LogP contribution in [0.1, 0.15) is 28.0 Å². The number of hydrogen-bond acceptors (Lipinski definition) is 5. The number of para-hydroxylation sites is 1. The molecular formula is C21H20N2O3S. The van der Waals surface area contributed by atoms with Crippen LogP contribution < -0.4 is 14.4 Å². The standard InChI is InChI=1S/C21H20N2O3S/c1-25-20-11-16(8-9-19(20)26-12-17-13-27-14-22-17)21(24)23-10-4-6-15-5-2-3-7-18(15)23/h2-3,5,7-9,11,13-14H,4,6,10,12H2,1H3. The van der Waals surface area contributed by atoms with Crippen molar-refractivity contribution in [2.45, 2.75) is 19.4 Å². The molecule has 3 aromatic rings. The van der Waals surface area contributed by atoms with Gasteiger partial charge in [0.15, 0.2) is 11.5 Å². The molecule has 0 fully saturated rings. The fraction of sp³-hybridized carbons (Fsp3) is 0.238. The van der Waals surface area contributed by atoms with Gasteiger partial charge in [-0.05, 0) is 42.7 Å². The monoisotopic (exact) mass is 380 g/mol. The first kappa shape index (κ1) is 17.5. The molecule has 0 unspecified atom stereocenters. The largest absolute Gasteiger partial charge is 0.493 e. The topological polar surface area (TPSA) is 51.7 Å². The Morgan fingerprint density at radius 1 is 1.22 bits per heavy atom. The number of thiazole rings is 1. The summed E-state index contributed by atoms with van der Waals surface area (Å²) < 4.78 is 11.3. The highest BCUT2D eigenvalue weighted by Gasteiger charge is 2.24. The number of aromatic nitrogens is 1. The Morgan fingerprint density at radius 2 is 2.11 bits per heavy atom. The highest BCUT2D eigenvalue weighted by Crippen LogP contribution is 2.32. The Bertz CT molecular complexity index is 940. The number of benzene rings is 2. The summed E-state index contributed by atoms with van der Waals surface area (Å²) in [5.74, 6) is 1.12. The van der Waals surface area contributed by atoms with Crippen molar-refractivity contribution in [2.75, 3.05) is 18.6 Å². The van der Waals surface area contributed by atoms with Gasteiger partial charge in [0, 0.05) is 23.2 Å². The van der Waals surface area contributed by atoms with Crippen LogP contribution in [0.3, 0.4) is 0 Å². The van der Waals surface area contributed by atoms with Gasteiger partial charge < -0.3 is 14.4 Å². The van der Waals surface area contributed by atoms with Gasteiger partial charge in [-0.3, -0.25) is 4.79 Å². The second-order valence-corrected chi connectivity index (χ2v) is 7.04. The normalized spacial score (nSPS) is 13.1. The first-order valence-electron chi connectivity index (χ1n) is 8.84. The molecule has 0 bridgehead atoms. The van der Waals surface area contributed by atoms with E-state index in [2.05, 4.69) is 11.1 Å². The van der Waals surface area contributed by atoms with Gasteiger partial charge in [0.05, 0.1) is 18.3 Å². The van der Waals surface area contributed by atoms with E-state index in [1.54, 1.807) is 30.8 Å². The smallest absolute Gasteiger partial charge is 0.258 e. The minimum atomic E-state index is -0.0218. The molecule has 0 radical (unpaired) electrons. The molecule has 5 nitrogen and oxygen atoms in total. The van der Waals surface area contributed by atoms with Crippen molar-refractivity contribution < 1.29 is 14.3 Å². The van der Waals surface area contributed by atoms with Crippen LogP contribution in [0, 0.1) is 0 Å². The number of methoxy groups -OCH3 is 1. The minimum absolute atomic E-state index is 0.0218. The van der Waals surface area contributed by atoms with Crippen LogP contribution in [0.15, 0.2) is 53.4 Å². The first-order chi connectivity index (χ1) is 13.3. The molecule has 2 aromatic carbocycles. The number of hydrogen-bond donors (Lipinski definition) is 0. The van der Waals surface area contributed by atoms with E-state index in [1.165, 1.54) is 16.9 Å². The minimum Gasteiger partial charge on any atom is -0.493 e. The molecule has 0 atom stereocenters. The summed E-state index contributed by atoms with van der Waals surface area (Å²) in [7, 11) is 1.58. The fourth-order valence-corrected chi connectivity index (χ4v) is 3.82. The quantitative estimate of drug-likeness (QED) is 0.661. The third-order valence-electron chi connectivity index (χ3n) is 4.62. The number of ether oxygens (including phenoxy) is 2. The Labute approximate surface area is 162 Å². The maximum atomic E-state index is 13.1. The van der Waals surface area contributed by atoms with Crippen LogP contribution in [0.2, 0.25) is 0 Å². The van der Waals surface area contributed by atoms with Crippen LogP contribution in [0.4, 0.5) is 5.69 Å². The van der Waals surface area contributed by atoms with Crippen molar-refractivity contribution in [1.29, 1.82) is 0 Å². The Balaban J connectivity index is 1.56. The molecule has 2 heterocycles. The van der Waals surface area contributed by atoms with Gasteiger partial charge in [0.1, 0.15) is 6.61 Å². The molecule has 0 spiro atoms. The maximum absolute atomic E-state index is 13.1. The van der Waals surface area contributed by atoms with Crippen LogP contribution in [-0.2, 0) is 13.0 Å². The van der Waals surface area contributed by atoms with Crippen LogP contribution in [0.25, 0.3) is 0 Å². The first-order valence-corrected chi connectivity index (χ1v) is 9.78. The molecule has 1 amide bonds. The number of carbonyl (C=O) groups is 1.